The highest BCUT2D eigenvalue weighted by atomic mass is 19.4. The van der Waals surface area contributed by atoms with Gasteiger partial charge in [-0.3, -0.25) is 9.36 Å². The van der Waals surface area contributed by atoms with E-state index >= 15 is 0 Å². The lowest BCUT2D eigenvalue weighted by Crippen LogP contribution is -2.20. The third kappa shape index (κ3) is 3.93. The van der Waals surface area contributed by atoms with E-state index in [2.05, 4.69) is 4.98 Å². The van der Waals surface area contributed by atoms with Gasteiger partial charge in [0.2, 0.25) is 0 Å². The van der Waals surface area contributed by atoms with Gasteiger partial charge in [0.15, 0.2) is 0 Å². The summed E-state index contributed by atoms with van der Waals surface area (Å²) in [7, 11) is 0. The lowest BCUT2D eigenvalue weighted by atomic mass is 10.1. The van der Waals surface area contributed by atoms with Gasteiger partial charge in [0, 0.05) is 11.6 Å². The molecule has 128 valence electrons. The van der Waals surface area contributed by atoms with E-state index in [-0.39, 0.29) is 6.54 Å². The molecule has 0 saturated carbocycles. The topological polar surface area (TPSA) is 34.9 Å². The van der Waals surface area contributed by atoms with Crippen molar-refractivity contribution in [2.24, 2.45) is 0 Å². The molecule has 0 bridgehead atoms. The maximum absolute atomic E-state index is 12.9. The molecule has 3 rings (SSSR count). The maximum atomic E-state index is 12.9. The van der Waals surface area contributed by atoms with Crippen molar-refractivity contribution < 1.29 is 17.6 Å². The molecule has 2 aromatic carbocycles. The van der Waals surface area contributed by atoms with E-state index in [9.17, 15) is 22.4 Å². The summed E-state index contributed by atoms with van der Waals surface area (Å²) in [5, 5.41) is 0. The first-order valence-electron chi connectivity index (χ1n) is 7.31. The number of halogens is 4. The molecular formula is C18H12F4N2O. The molecule has 1 heterocycles. The fraction of sp³-hybridized carbons (Fsp3) is 0.111. The van der Waals surface area contributed by atoms with Gasteiger partial charge in [0.1, 0.15) is 5.82 Å². The minimum absolute atomic E-state index is 0.0283. The van der Waals surface area contributed by atoms with Gasteiger partial charge in [-0.1, -0.05) is 12.1 Å². The van der Waals surface area contributed by atoms with Crippen molar-refractivity contribution in [1.82, 2.24) is 9.55 Å². The quantitative estimate of drug-likeness (QED) is 0.668. The summed E-state index contributed by atoms with van der Waals surface area (Å²) in [6.07, 6.45) is -3.17. The van der Waals surface area contributed by atoms with Crippen LogP contribution in [-0.4, -0.2) is 9.55 Å². The molecule has 7 heteroatoms. The smallest absolute Gasteiger partial charge is 0.295 e. The summed E-state index contributed by atoms with van der Waals surface area (Å²) in [4.78, 5) is 16.3. The number of benzene rings is 2. The molecule has 0 spiro atoms. The summed E-state index contributed by atoms with van der Waals surface area (Å²) in [6.45, 7) is -0.0283. The number of aromatic nitrogens is 2. The summed E-state index contributed by atoms with van der Waals surface area (Å²) in [6, 6.07) is 11.5. The number of hydrogen-bond donors (Lipinski definition) is 0. The third-order valence-electron chi connectivity index (χ3n) is 3.63. The van der Waals surface area contributed by atoms with Crippen LogP contribution in [-0.2, 0) is 12.7 Å². The van der Waals surface area contributed by atoms with Crippen LogP contribution in [0.25, 0.3) is 11.3 Å². The SMILES string of the molecule is O=c1cc(-c2ccc(F)cc2)ncn1Cc1cccc(C(F)(F)F)c1. The predicted octanol–water partition coefficient (Wildman–Crippen LogP) is 4.12. The first kappa shape index (κ1) is 16.9. The Bertz CT molecular complexity index is 946. The molecule has 0 atom stereocenters. The molecule has 0 aliphatic carbocycles. The van der Waals surface area contributed by atoms with E-state index in [4.69, 9.17) is 0 Å². The van der Waals surface area contributed by atoms with Crippen LogP contribution in [0.1, 0.15) is 11.1 Å². The largest absolute Gasteiger partial charge is 0.416 e. The van der Waals surface area contributed by atoms with E-state index in [1.807, 2.05) is 0 Å². The normalized spacial score (nSPS) is 11.5. The van der Waals surface area contributed by atoms with Gasteiger partial charge in [0.05, 0.1) is 24.1 Å². The lowest BCUT2D eigenvalue weighted by molar-refractivity contribution is -0.137. The highest BCUT2D eigenvalue weighted by Gasteiger charge is 2.30. The third-order valence-corrected chi connectivity index (χ3v) is 3.63. The molecule has 0 aliphatic rings. The van der Waals surface area contributed by atoms with Crippen LogP contribution in [0.5, 0.6) is 0 Å². The number of rotatable bonds is 3. The van der Waals surface area contributed by atoms with Crippen LogP contribution in [0.15, 0.2) is 65.7 Å². The van der Waals surface area contributed by atoms with Crippen LogP contribution in [0.4, 0.5) is 17.6 Å². The Hall–Kier alpha value is -2.96. The van der Waals surface area contributed by atoms with Crippen molar-refractivity contribution in [2.45, 2.75) is 12.7 Å². The number of hydrogen-bond acceptors (Lipinski definition) is 2. The summed E-state index contributed by atoms with van der Waals surface area (Å²) >= 11 is 0. The fourth-order valence-electron chi connectivity index (χ4n) is 2.37. The molecule has 0 N–H and O–H groups in total. The second-order valence-corrected chi connectivity index (χ2v) is 5.45. The molecule has 3 nitrogen and oxygen atoms in total. The van der Waals surface area contributed by atoms with Gasteiger partial charge < -0.3 is 0 Å². The zero-order valence-electron chi connectivity index (χ0n) is 12.8. The number of nitrogens with zero attached hydrogens (tertiary/aromatic N) is 2. The monoisotopic (exact) mass is 348 g/mol. The van der Waals surface area contributed by atoms with E-state index in [0.29, 0.717) is 16.8 Å². The molecule has 1 aromatic heterocycles. The first-order chi connectivity index (χ1) is 11.8. The summed E-state index contributed by atoms with van der Waals surface area (Å²) < 4.78 is 52.4. The molecule has 3 aromatic rings. The average Bonchev–Trinajstić information content (AvgIpc) is 2.57. The highest BCUT2D eigenvalue weighted by Crippen LogP contribution is 2.29. The van der Waals surface area contributed by atoms with E-state index in [1.165, 1.54) is 53.4 Å². The molecule has 25 heavy (non-hydrogen) atoms. The van der Waals surface area contributed by atoms with Crippen molar-refractivity contribution in [2.75, 3.05) is 0 Å². The Kier molecular flexibility index (Phi) is 4.39. The molecule has 0 unspecified atom stereocenters. The van der Waals surface area contributed by atoms with Crippen molar-refractivity contribution in [3.8, 4) is 11.3 Å². The zero-order chi connectivity index (χ0) is 18.0. The van der Waals surface area contributed by atoms with Gasteiger partial charge in [-0.15, -0.1) is 0 Å². The standard InChI is InChI=1S/C18H12F4N2O/c19-15-6-4-13(5-7-15)16-9-17(25)24(11-23-16)10-12-2-1-3-14(8-12)18(20,21)22/h1-9,11H,10H2. The Labute approximate surface area is 140 Å². The van der Waals surface area contributed by atoms with Crippen LogP contribution < -0.4 is 5.56 Å². The van der Waals surface area contributed by atoms with Crippen molar-refractivity contribution in [1.29, 1.82) is 0 Å². The van der Waals surface area contributed by atoms with E-state index in [1.54, 1.807) is 0 Å². The van der Waals surface area contributed by atoms with Crippen LogP contribution in [0.2, 0.25) is 0 Å². The zero-order valence-corrected chi connectivity index (χ0v) is 12.8. The van der Waals surface area contributed by atoms with Gasteiger partial charge in [-0.2, -0.15) is 13.2 Å². The second kappa shape index (κ2) is 6.51. The molecule has 0 fully saturated rings. The molecular weight excluding hydrogens is 336 g/mol. The minimum atomic E-state index is -4.44. The maximum Gasteiger partial charge on any atom is 0.416 e. The Morgan fingerprint density at radius 1 is 1.00 bits per heavy atom. The van der Waals surface area contributed by atoms with Crippen LogP contribution >= 0.6 is 0 Å². The fourth-order valence-corrected chi connectivity index (χ4v) is 2.37. The van der Waals surface area contributed by atoms with Crippen LogP contribution in [0, 0.1) is 5.82 Å². The molecule has 0 radical (unpaired) electrons. The average molecular weight is 348 g/mol. The van der Waals surface area contributed by atoms with Gasteiger partial charge >= 0.3 is 6.18 Å². The van der Waals surface area contributed by atoms with Crippen molar-refractivity contribution in [3.05, 3.63) is 88.2 Å². The van der Waals surface area contributed by atoms with E-state index < -0.39 is 23.1 Å². The second-order valence-electron chi connectivity index (χ2n) is 5.45. The van der Waals surface area contributed by atoms with E-state index in [0.717, 1.165) is 12.1 Å². The Morgan fingerprint density at radius 3 is 2.36 bits per heavy atom. The predicted molar refractivity (Wildman–Crippen MR) is 84.4 cm³/mol. The number of alkyl halides is 3. The first-order valence-corrected chi connectivity index (χ1v) is 7.31. The lowest BCUT2D eigenvalue weighted by Gasteiger charge is -2.10. The molecule has 0 saturated heterocycles. The minimum Gasteiger partial charge on any atom is -0.295 e. The van der Waals surface area contributed by atoms with Gasteiger partial charge in [-0.05, 0) is 42.0 Å². The Balaban J connectivity index is 1.87. The van der Waals surface area contributed by atoms with Crippen LogP contribution in [0.3, 0.4) is 0 Å². The molecule has 0 amide bonds. The molecule has 0 aliphatic heterocycles. The highest BCUT2D eigenvalue weighted by molar-refractivity contribution is 5.58. The summed E-state index contributed by atoms with van der Waals surface area (Å²) in [5.74, 6) is -0.401. The van der Waals surface area contributed by atoms with Gasteiger partial charge in [-0.25, -0.2) is 9.37 Å². The summed E-state index contributed by atoms with van der Waals surface area (Å²) in [5.41, 5.74) is 0.101. The Morgan fingerprint density at radius 2 is 1.72 bits per heavy atom. The van der Waals surface area contributed by atoms with Crippen molar-refractivity contribution >= 4 is 0 Å². The van der Waals surface area contributed by atoms with Crippen molar-refractivity contribution in [3.63, 3.8) is 0 Å². The van der Waals surface area contributed by atoms with Gasteiger partial charge in [0.25, 0.3) is 5.56 Å².